The number of fused-ring (bicyclic) bond motifs is 3. The third kappa shape index (κ3) is 2.68. The molecule has 4 saturated heterocycles. The van der Waals surface area contributed by atoms with Crippen LogP contribution in [0.5, 0.6) is 11.5 Å². The lowest BCUT2D eigenvalue weighted by Gasteiger charge is -2.51. The summed E-state index contributed by atoms with van der Waals surface area (Å²) in [6, 6.07) is 11.8. The van der Waals surface area contributed by atoms with E-state index in [4.69, 9.17) is 13.9 Å². The van der Waals surface area contributed by atoms with Crippen molar-refractivity contribution >= 4 is 6.08 Å². The van der Waals surface area contributed by atoms with E-state index >= 15 is 0 Å². The van der Waals surface area contributed by atoms with Crippen molar-refractivity contribution in [3.8, 4) is 11.5 Å². The predicted molar refractivity (Wildman–Crippen MR) is 106 cm³/mol. The molecule has 2 bridgehead atoms. The van der Waals surface area contributed by atoms with E-state index in [1.54, 1.807) is 6.26 Å². The van der Waals surface area contributed by atoms with Gasteiger partial charge >= 0.3 is 0 Å². The fourth-order valence-electron chi connectivity index (χ4n) is 5.88. The molecule has 6 heterocycles. The first-order valence-electron chi connectivity index (χ1n) is 10.4. The zero-order valence-electron chi connectivity index (χ0n) is 16.0. The molecular formula is C23H26N2O3. The van der Waals surface area contributed by atoms with Gasteiger partial charge in [-0.05, 0) is 67.8 Å². The first kappa shape index (κ1) is 16.7. The van der Waals surface area contributed by atoms with Gasteiger partial charge in [-0.15, -0.1) is 0 Å². The van der Waals surface area contributed by atoms with E-state index < -0.39 is 0 Å². The molecule has 146 valence electrons. The highest BCUT2D eigenvalue weighted by atomic mass is 16.7. The highest BCUT2D eigenvalue weighted by Gasteiger charge is 2.52. The second-order valence-electron chi connectivity index (χ2n) is 8.45. The SMILES string of the molecule is C(=C\c1ccco1)/CN1C[C@@H](c2ccc3c(c2)OCO3)[C@@H]2[C@H]1C1CCN2CC1. The normalized spacial score (nSPS) is 33.6. The summed E-state index contributed by atoms with van der Waals surface area (Å²) in [5.74, 6) is 4.06. The second kappa shape index (κ2) is 6.68. The first-order chi connectivity index (χ1) is 13.9. The molecule has 3 atom stereocenters. The highest BCUT2D eigenvalue weighted by Crippen LogP contribution is 2.47. The fraction of sp³-hybridized carbons (Fsp3) is 0.478. The van der Waals surface area contributed by atoms with Crippen LogP contribution in [0, 0.1) is 5.92 Å². The van der Waals surface area contributed by atoms with Crippen molar-refractivity contribution in [2.75, 3.05) is 33.0 Å². The average Bonchev–Trinajstić information content (AvgIpc) is 3.49. The molecule has 0 radical (unpaired) electrons. The Morgan fingerprint density at radius 1 is 1.04 bits per heavy atom. The molecular weight excluding hydrogens is 352 g/mol. The number of furan rings is 1. The molecule has 1 aromatic carbocycles. The van der Waals surface area contributed by atoms with Crippen molar-refractivity contribution < 1.29 is 13.9 Å². The average molecular weight is 378 g/mol. The minimum Gasteiger partial charge on any atom is -0.465 e. The number of ether oxygens (including phenoxy) is 2. The lowest BCUT2D eigenvalue weighted by Crippen LogP contribution is -2.60. The number of hydrogen-bond donors (Lipinski definition) is 0. The van der Waals surface area contributed by atoms with Gasteiger partial charge in [0, 0.05) is 31.1 Å². The van der Waals surface area contributed by atoms with E-state index in [0.717, 1.165) is 36.3 Å². The molecule has 0 saturated carbocycles. The topological polar surface area (TPSA) is 38.1 Å². The molecule has 5 aliphatic heterocycles. The van der Waals surface area contributed by atoms with Gasteiger partial charge in [0.1, 0.15) is 5.76 Å². The number of likely N-dealkylation sites (tertiary alicyclic amines) is 1. The van der Waals surface area contributed by atoms with E-state index in [9.17, 15) is 0 Å². The van der Waals surface area contributed by atoms with Crippen LogP contribution in [0.1, 0.15) is 30.1 Å². The smallest absolute Gasteiger partial charge is 0.231 e. The third-order valence-corrected chi connectivity index (χ3v) is 7.08. The van der Waals surface area contributed by atoms with Crippen LogP contribution in [0.15, 0.2) is 47.1 Å². The van der Waals surface area contributed by atoms with Gasteiger partial charge in [-0.25, -0.2) is 0 Å². The van der Waals surface area contributed by atoms with Gasteiger partial charge < -0.3 is 13.9 Å². The van der Waals surface area contributed by atoms with Crippen molar-refractivity contribution in [1.29, 1.82) is 0 Å². The molecule has 0 N–H and O–H groups in total. The van der Waals surface area contributed by atoms with Crippen molar-refractivity contribution in [3.05, 3.63) is 54.0 Å². The van der Waals surface area contributed by atoms with E-state index in [0.29, 0.717) is 24.8 Å². The molecule has 0 aliphatic carbocycles. The maximum Gasteiger partial charge on any atom is 0.231 e. The predicted octanol–water partition coefficient (Wildman–Crippen LogP) is 3.58. The van der Waals surface area contributed by atoms with Crippen LogP contribution in [0.4, 0.5) is 0 Å². The summed E-state index contributed by atoms with van der Waals surface area (Å²) >= 11 is 0. The van der Waals surface area contributed by atoms with E-state index in [2.05, 4.69) is 40.2 Å². The van der Waals surface area contributed by atoms with Crippen LogP contribution >= 0.6 is 0 Å². The van der Waals surface area contributed by atoms with Gasteiger partial charge in [-0.2, -0.15) is 0 Å². The lowest BCUT2D eigenvalue weighted by molar-refractivity contribution is -0.00348. The number of nitrogens with zero attached hydrogens (tertiary/aromatic N) is 2. The Kier molecular flexibility index (Phi) is 3.98. The molecule has 4 fully saturated rings. The summed E-state index contributed by atoms with van der Waals surface area (Å²) in [7, 11) is 0. The Morgan fingerprint density at radius 2 is 1.93 bits per heavy atom. The number of piperidine rings is 3. The Hall–Kier alpha value is -2.24. The molecule has 0 amide bonds. The van der Waals surface area contributed by atoms with Crippen LogP contribution in [-0.4, -0.2) is 54.9 Å². The van der Waals surface area contributed by atoms with E-state index in [1.165, 1.54) is 31.5 Å². The fourth-order valence-corrected chi connectivity index (χ4v) is 5.88. The summed E-state index contributed by atoms with van der Waals surface area (Å²) in [5, 5.41) is 0. The van der Waals surface area contributed by atoms with Gasteiger partial charge in [0.15, 0.2) is 11.5 Å². The largest absolute Gasteiger partial charge is 0.465 e. The molecule has 5 heteroatoms. The summed E-state index contributed by atoms with van der Waals surface area (Å²) in [6.45, 7) is 4.93. The van der Waals surface area contributed by atoms with Gasteiger partial charge in [0.2, 0.25) is 6.79 Å². The van der Waals surface area contributed by atoms with Gasteiger partial charge in [-0.3, -0.25) is 9.80 Å². The number of benzene rings is 1. The van der Waals surface area contributed by atoms with Crippen molar-refractivity contribution in [2.24, 2.45) is 5.92 Å². The Bertz CT molecular complexity index is 870. The zero-order valence-corrected chi connectivity index (χ0v) is 16.0. The molecule has 7 rings (SSSR count). The molecule has 0 spiro atoms. The van der Waals surface area contributed by atoms with Crippen molar-refractivity contribution in [3.63, 3.8) is 0 Å². The Balaban J connectivity index is 1.28. The molecule has 28 heavy (non-hydrogen) atoms. The minimum atomic E-state index is 0.341. The van der Waals surface area contributed by atoms with Crippen molar-refractivity contribution in [1.82, 2.24) is 9.80 Å². The highest BCUT2D eigenvalue weighted by molar-refractivity contribution is 5.46. The first-order valence-corrected chi connectivity index (χ1v) is 10.4. The van der Waals surface area contributed by atoms with Crippen molar-refractivity contribution in [2.45, 2.75) is 30.8 Å². The van der Waals surface area contributed by atoms with Gasteiger partial charge in [0.05, 0.1) is 6.26 Å². The lowest BCUT2D eigenvalue weighted by atomic mass is 9.75. The summed E-state index contributed by atoms with van der Waals surface area (Å²) < 4.78 is 16.6. The number of rotatable bonds is 4. The Labute approximate surface area is 165 Å². The minimum absolute atomic E-state index is 0.341. The second-order valence-corrected chi connectivity index (χ2v) is 8.45. The van der Waals surface area contributed by atoms with E-state index in [-0.39, 0.29) is 0 Å². The number of hydrogen-bond acceptors (Lipinski definition) is 5. The van der Waals surface area contributed by atoms with E-state index in [1.807, 2.05) is 12.1 Å². The quantitative estimate of drug-likeness (QED) is 0.813. The third-order valence-electron chi connectivity index (χ3n) is 7.08. The molecule has 1 aromatic heterocycles. The standard InChI is InChI=1S/C23H26N2O3/c1(3-18-4-2-12-26-18)9-25-14-19(17-5-6-20-21(13-17)28-15-27-20)23-22(25)16-7-10-24(23)11-8-16/h1-6,12-13,16,19,22-23H,7-11,14-15H2/b3-1+/t19-,22+,23+/m0/s1. The zero-order chi connectivity index (χ0) is 18.5. The van der Waals surface area contributed by atoms with Crippen LogP contribution < -0.4 is 9.47 Å². The summed E-state index contributed by atoms with van der Waals surface area (Å²) in [6.07, 6.45) is 8.77. The Morgan fingerprint density at radius 3 is 2.79 bits per heavy atom. The monoisotopic (exact) mass is 378 g/mol. The summed E-state index contributed by atoms with van der Waals surface area (Å²) in [5.41, 5.74) is 1.39. The molecule has 5 nitrogen and oxygen atoms in total. The molecule has 2 aromatic rings. The maximum absolute atomic E-state index is 5.66. The molecule has 0 unspecified atom stereocenters. The molecule has 5 aliphatic rings. The van der Waals surface area contributed by atoms with Crippen LogP contribution in [0.3, 0.4) is 0 Å². The van der Waals surface area contributed by atoms with Crippen LogP contribution in [0.25, 0.3) is 6.08 Å². The summed E-state index contributed by atoms with van der Waals surface area (Å²) in [4.78, 5) is 5.45. The van der Waals surface area contributed by atoms with Gasteiger partial charge in [0.25, 0.3) is 0 Å². The van der Waals surface area contributed by atoms with Crippen LogP contribution in [0.2, 0.25) is 0 Å². The van der Waals surface area contributed by atoms with Crippen LogP contribution in [-0.2, 0) is 0 Å². The van der Waals surface area contributed by atoms with Gasteiger partial charge in [-0.1, -0.05) is 12.1 Å². The maximum atomic E-state index is 5.66.